The second-order valence-corrected chi connectivity index (χ2v) is 11.1. The van der Waals surface area contributed by atoms with Crippen molar-refractivity contribution in [2.45, 2.75) is 49.8 Å². The first-order valence-electron chi connectivity index (χ1n) is 11.8. The fourth-order valence-corrected chi connectivity index (χ4v) is 6.63. The van der Waals surface area contributed by atoms with E-state index in [1.54, 1.807) is 12.1 Å². The van der Waals surface area contributed by atoms with E-state index < -0.39 is 10.0 Å². The molecular weight excluding hydrogens is 456 g/mol. The van der Waals surface area contributed by atoms with Crippen molar-refractivity contribution >= 4 is 15.9 Å². The lowest BCUT2D eigenvalue weighted by atomic mass is 10.0. The summed E-state index contributed by atoms with van der Waals surface area (Å²) in [6.07, 6.45) is 1.45. The molecule has 3 aliphatic rings. The molecule has 3 aliphatic heterocycles. The number of fused-ring (bicyclic) bond motifs is 1. The number of hydrogen-bond acceptors (Lipinski definition) is 6. The molecule has 0 aromatic heterocycles. The third-order valence-corrected chi connectivity index (χ3v) is 8.44. The largest absolute Gasteiger partial charge is 0.486 e. The van der Waals surface area contributed by atoms with Crippen molar-refractivity contribution in [2.75, 3.05) is 32.8 Å². The lowest BCUT2D eigenvalue weighted by Crippen LogP contribution is -2.48. The fraction of sp³-hybridized carbons (Fsp3) is 0.480. The topological polar surface area (TPSA) is 85.4 Å². The van der Waals surface area contributed by atoms with Gasteiger partial charge in [-0.15, -0.1) is 0 Å². The molecule has 0 saturated carbocycles. The molecule has 34 heavy (non-hydrogen) atoms. The Morgan fingerprint density at radius 3 is 2.32 bits per heavy atom. The SMILES string of the molecule is C[C@@H]1CN(S(=O)(=O)c2ccc(C(=O)N3CCC[C@H]3c3ccc4c(c3)OCCO4)cc2)C[C@H](C)O1. The first kappa shape index (κ1) is 23.1. The molecule has 0 radical (unpaired) electrons. The molecule has 2 fully saturated rings. The van der Waals surface area contributed by atoms with E-state index in [0.29, 0.717) is 44.2 Å². The predicted octanol–water partition coefficient (Wildman–Crippen LogP) is 3.23. The van der Waals surface area contributed by atoms with Gasteiger partial charge < -0.3 is 19.1 Å². The summed E-state index contributed by atoms with van der Waals surface area (Å²) in [5, 5.41) is 0. The molecule has 0 bridgehead atoms. The number of sulfonamides is 1. The minimum absolute atomic E-state index is 0.0527. The summed E-state index contributed by atoms with van der Waals surface area (Å²) in [5.41, 5.74) is 1.50. The average molecular weight is 487 g/mol. The van der Waals surface area contributed by atoms with Gasteiger partial charge in [-0.1, -0.05) is 6.07 Å². The molecule has 0 spiro atoms. The molecule has 1 amide bonds. The third-order valence-electron chi connectivity index (χ3n) is 6.59. The van der Waals surface area contributed by atoms with E-state index in [1.165, 1.54) is 16.4 Å². The lowest BCUT2D eigenvalue weighted by Gasteiger charge is -2.34. The van der Waals surface area contributed by atoms with Crippen molar-refractivity contribution in [3.05, 3.63) is 53.6 Å². The summed E-state index contributed by atoms with van der Waals surface area (Å²) in [6, 6.07) is 12.1. The molecular formula is C25H30N2O6S. The van der Waals surface area contributed by atoms with E-state index in [4.69, 9.17) is 14.2 Å². The van der Waals surface area contributed by atoms with E-state index in [2.05, 4.69) is 0 Å². The van der Waals surface area contributed by atoms with E-state index in [-0.39, 0.29) is 29.1 Å². The summed E-state index contributed by atoms with van der Waals surface area (Å²) >= 11 is 0. The van der Waals surface area contributed by atoms with E-state index in [9.17, 15) is 13.2 Å². The number of ether oxygens (including phenoxy) is 3. The van der Waals surface area contributed by atoms with Crippen LogP contribution in [0, 0.1) is 0 Å². The summed E-state index contributed by atoms with van der Waals surface area (Å²) in [4.78, 5) is 15.4. The number of rotatable bonds is 4. The molecule has 0 unspecified atom stereocenters. The molecule has 182 valence electrons. The number of carbonyl (C=O) groups excluding carboxylic acids is 1. The zero-order valence-corrected chi connectivity index (χ0v) is 20.3. The van der Waals surface area contributed by atoms with Crippen LogP contribution in [0.1, 0.15) is 48.7 Å². The number of likely N-dealkylation sites (tertiary alicyclic amines) is 1. The summed E-state index contributed by atoms with van der Waals surface area (Å²) in [6.45, 7) is 6.08. The molecule has 3 atom stereocenters. The standard InChI is InChI=1S/C25H30N2O6S/c1-17-15-26(16-18(2)33-17)34(29,30)21-8-5-19(6-9-21)25(28)27-11-3-4-22(27)20-7-10-23-24(14-20)32-13-12-31-23/h5-10,14,17-18,22H,3-4,11-13,15-16H2,1-2H3/t17-,18+,22-/m0/s1. The normalized spacial score (nSPS) is 25.4. The maximum Gasteiger partial charge on any atom is 0.254 e. The van der Waals surface area contributed by atoms with Crippen LogP contribution in [-0.4, -0.2) is 68.6 Å². The predicted molar refractivity (Wildman–Crippen MR) is 126 cm³/mol. The maximum absolute atomic E-state index is 13.4. The van der Waals surface area contributed by atoms with Gasteiger partial charge in [-0.3, -0.25) is 4.79 Å². The average Bonchev–Trinajstić information content (AvgIpc) is 3.33. The van der Waals surface area contributed by atoms with E-state index in [0.717, 1.165) is 24.2 Å². The Labute approximate surface area is 200 Å². The Morgan fingerprint density at radius 1 is 0.941 bits per heavy atom. The highest BCUT2D eigenvalue weighted by molar-refractivity contribution is 7.89. The van der Waals surface area contributed by atoms with Gasteiger partial charge in [0.05, 0.1) is 23.1 Å². The van der Waals surface area contributed by atoms with Gasteiger partial charge >= 0.3 is 0 Å². The van der Waals surface area contributed by atoms with Crippen LogP contribution in [0.3, 0.4) is 0 Å². The number of carbonyl (C=O) groups is 1. The van der Waals surface area contributed by atoms with E-state index >= 15 is 0 Å². The quantitative estimate of drug-likeness (QED) is 0.660. The molecule has 2 aromatic rings. The Balaban J connectivity index is 1.34. The van der Waals surface area contributed by atoms with Crippen molar-refractivity contribution in [1.82, 2.24) is 9.21 Å². The third kappa shape index (κ3) is 4.39. The van der Waals surface area contributed by atoms with Crippen molar-refractivity contribution in [3.63, 3.8) is 0 Å². The van der Waals surface area contributed by atoms with Crippen LogP contribution in [0.25, 0.3) is 0 Å². The highest BCUT2D eigenvalue weighted by atomic mass is 32.2. The van der Waals surface area contributed by atoms with Crippen LogP contribution in [-0.2, 0) is 14.8 Å². The van der Waals surface area contributed by atoms with Crippen LogP contribution in [0.2, 0.25) is 0 Å². The zero-order valence-electron chi connectivity index (χ0n) is 19.5. The van der Waals surface area contributed by atoms with Crippen LogP contribution >= 0.6 is 0 Å². The number of hydrogen-bond donors (Lipinski definition) is 0. The first-order valence-corrected chi connectivity index (χ1v) is 13.2. The van der Waals surface area contributed by atoms with E-state index in [1.807, 2.05) is 36.9 Å². The summed E-state index contributed by atoms with van der Waals surface area (Å²) in [7, 11) is -3.65. The Kier molecular flexibility index (Phi) is 6.26. The molecule has 0 N–H and O–H groups in total. The number of amides is 1. The number of nitrogens with zero attached hydrogens (tertiary/aromatic N) is 2. The molecule has 8 nitrogen and oxygen atoms in total. The van der Waals surface area contributed by atoms with Gasteiger partial charge in [0.2, 0.25) is 10.0 Å². The second-order valence-electron chi connectivity index (χ2n) is 9.16. The minimum Gasteiger partial charge on any atom is -0.486 e. The Morgan fingerprint density at radius 2 is 1.62 bits per heavy atom. The van der Waals surface area contributed by atoms with Gasteiger partial charge in [-0.2, -0.15) is 4.31 Å². The van der Waals surface area contributed by atoms with Crippen LogP contribution in [0.5, 0.6) is 11.5 Å². The zero-order chi connectivity index (χ0) is 23.9. The highest BCUT2D eigenvalue weighted by Crippen LogP contribution is 2.38. The van der Waals surface area contributed by atoms with Gasteiger partial charge in [-0.05, 0) is 68.7 Å². The maximum atomic E-state index is 13.4. The number of benzene rings is 2. The Hall–Kier alpha value is -2.62. The van der Waals surface area contributed by atoms with Crippen molar-refractivity contribution in [3.8, 4) is 11.5 Å². The van der Waals surface area contributed by atoms with Crippen molar-refractivity contribution in [1.29, 1.82) is 0 Å². The Bertz CT molecular complexity index is 1160. The van der Waals surface area contributed by atoms with Gasteiger partial charge in [0.1, 0.15) is 13.2 Å². The smallest absolute Gasteiger partial charge is 0.254 e. The van der Waals surface area contributed by atoms with Crippen LogP contribution in [0.15, 0.2) is 47.4 Å². The first-order chi connectivity index (χ1) is 16.3. The summed E-state index contributed by atoms with van der Waals surface area (Å²) < 4.78 is 44.7. The molecule has 0 aliphatic carbocycles. The highest BCUT2D eigenvalue weighted by Gasteiger charge is 2.34. The monoisotopic (exact) mass is 486 g/mol. The lowest BCUT2D eigenvalue weighted by molar-refractivity contribution is -0.0440. The molecule has 2 saturated heterocycles. The summed E-state index contributed by atoms with van der Waals surface area (Å²) in [5.74, 6) is 1.34. The van der Waals surface area contributed by atoms with Crippen LogP contribution in [0.4, 0.5) is 0 Å². The van der Waals surface area contributed by atoms with Crippen LogP contribution < -0.4 is 9.47 Å². The van der Waals surface area contributed by atoms with Gasteiger partial charge in [0.25, 0.3) is 5.91 Å². The molecule has 5 rings (SSSR count). The molecule has 3 heterocycles. The molecule has 9 heteroatoms. The van der Waals surface area contributed by atoms with Gasteiger partial charge in [0.15, 0.2) is 11.5 Å². The van der Waals surface area contributed by atoms with Crippen molar-refractivity contribution in [2.24, 2.45) is 0 Å². The van der Waals surface area contributed by atoms with Crippen molar-refractivity contribution < 1.29 is 27.4 Å². The minimum atomic E-state index is -3.65. The van der Waals surface area contributed by atoms with Gasteiger partial charge in [-0.25, -0.2) is 8.42 Å². The number of morpholine rings is 1. The molecule has 2 aromatic carbocycles. The van der Waals surface area contributed by atoms with Gasteiger partial charge in [0, 0.05) is 25.2 Å². The fourth-order valence-electron chi connectivity index (χ4n) is 5.03. The second kappa shape index (κ2) is 9.20.